The summed E-state index contributed by atoms with van der Waals surface area (Å²) in [7, 11) is 0. The van der Waals surface area contributed by atoms with Crippen molar-refractivity contribution in [3.8, 4) is 0 Å². The lowest BCUT2D eigenvalue weighted by atomic mass is 10.2. The van der Waals surface area contributed by atoms with E-state index in [0.717, 1.165) is 5.56 Å². The standard InChI is InChI=1S/C13H16O3/c1-2-12(14)10-16-13(15)9-8-11-6-4-3-5-7-11/h3-9,12,14H,2,10H2,1H3/b9-8+. The summed E-state index contributed by atoms with van der Waals surface area (Å²) in [6.07, 6.45) is 3.04. The third kappa shape index (κ3) is 4.75. The molecule has 0 saturated heterocycles. The van der Waals surface area contributed by atoms with Gasteiger partial charge in [0.05, 0.1) is 6.10 Å². The highest BCUT2D eigenvalue weighted by molar-refractivity contribution is 5.87. The molecule has 0 aliphatic rings. The zero-order chi connectivity index (χ0) is 11.8. The Morgan fingerprint density at radius 2 is 2.12 bits per heavy atom. The van der Waals surface area contributed by atoms with Gasteiger partial charge in [-0.2, -0.15) is 0 Å². The minimum Gasteiger partial charge on any atom is -0.460 e. The molecule has 1 unspecified atom stereocenters. The van der Waals surface area contributed by atoms with Crippen LogP contribution in [0.5, 0.6) is 0 Å². The summed E-state index contributed by atoms with van der Waals surface area (Å²) >= 11 is 0. The van der Waals surface area contributed by atoms with Gasteiger partial charge in [0.25, 0.3) is 0 Å². The van der Waals surface area contributed by atoms with Crippen molar-refractivity contribution < 1.29 is 14.6 Å². The predicted octanol–water partition coefficient (Wildman–Crippen LogP) is 2.01. The molecule has 1 N–H and O–H groups in total. The summed E-state index contributed by atoms with van der Waals surface area (Å²) in [5.41, 5.74) is 0.940. The van der Waals surface area contributed by atoms with Crippen LogP contribution >= 0.6 is 0 Å². The van der Waals surface area contributed by atoms with Crippen molar-refractivity contribution >= 4 is 12.0 Å². The SMILES string of the molecule is CCC(O)COC(=O)/C=C/c1ccccc1. The van der Waals surface area contributed by atoms with Crippen LogP contribution in [-0.4, -0.2) is 23.8 Å². The Morgan fingerprint density at radius 1 is 1.44 bits per heavy atom. The number of aliphatic hydroxyl groups is 1. The molecule has 0 heterocycles. The summed E-state index contributed by atoms with van der Waals surface area (Å²) in [4.78, 5) is 11.2. The Bertz CT molecular complexity index is 343. The number of ether oxygens (including phenoxy) is 1. The molecule has 0 bridgehead atoms. The molecule has 1 aromatic carbocycles. The number of hydrogen-bond donors (Lipinski definition) is 1. The van der Waals surface area contributed by atoms with Gasteiger partial charge in [0.2, 0.25) is 0 Å². The smallest absolute Gasteiger partial charge is 0.330 e. The molecule has 1 rings (SSSR count). The van der Waals surface area contributed by atoms with Crippen molar-refractivity contribution in [3.05, 3.63) is 42.0 Å². The summed E-state index contributed by atoms with van der Waals surface area (Å²) < 4.78 is 4.84. The fourth-order valence-corrected chi connectivity index (χ4v) is 1.07. The second-order valence-electron chi connectivity index (χ2n) is 3.44. The van der Waals surface area contributed by atoms with Gasteiger partial charge >= 0.3 is 5.97 Å². The van der Waals surface area contributed by atoms with Gasteiger partial charge in [-0.05, 0) is 18.1 Å². The van der Waals surface area contributed by atoms with E-state index in [2.05, 4.69) is 0 Å². The minimum absolute atomic E-state index is 0.0501. The fraction of sp³-hybridized carbons (Fsp3) is 0.308. The molecule has 3 heteroatoms. The zero-order valence-electron chi connectivity index (χ0n) is 9.30. The van der Waals surface area contributed by atoms with Crippen LogP contribution < -0.4 is 0 Å². The van der Waals surface area contributed by atoms with E-state index in [0.29, 0.717) is 6.42 Å². The number of carbonyl (C=O) groups excluding carboxylic acids is 1. The molecular weight excluding hydrogens is 204 g/mol. The monoisotopic (exact) mass is 220 g/mol. The van der Waals surface area contributed by atoms with Crippen LogP contribution in [0, 0.1) is 0 Å². The molecule has 1 atom stereocenters. The van der Waals surface area contributed by atoms with Gasteiger partial charge in [0.1, 0.15) is 6.61 Å². The van der Waals surface area contributed by atoms with Gasteiger partial charge < -0.3 is 9.84 Å². The van der Waals surface area contributed by atoms with Gasteiger partial charge in [-0.25, -0.2) is 4.79 Å². The maximum absolute atomic E-state index is 11.2. The lowest BCUT2D eigenvalue weighted by molar-refractivity contribution is -0.140. The molecule has 0 aliphatic carbocycles. The van der Waals surface area contributed by atoms with Crippen LogP contribution in [0.25, 0.3) is 6.08 Å². The number of esters is 1. The molecule has 0 aliphatic heterocycles. The first-order valence-electron chi connectivity index (χ1n) is 5.30. The zero-order valence-corrected chi connectivity index (χ0v) is 9.30. The van der Waals surface area contributed by atoms with E-state index < -0.39 is 12.1 Å². The second-order valence-corrected chi connectivity index (χ2v) is 3.44. The van der Waals surface area contributed by atoms with E-state index in [4.69, 9.17) is 4.74 Å². The average Bonchev–Trinajstić information content (AvgIpc) is 2.34. The molecule has 0 saturated carbocycles. The van der Waals surface area contributed by atoms with Crippen molar-refractivity contribution in [1.29, 1.82) is 0 Å². The second kappa shape index (κ2) is 6.80. The molecule has 0 radical (unpaired) electrons. The van der Waals surface area contributed by atoms with Crippen LogP contribution in [0.4, 0.5) is 0 Å². The lowest BCUT2D eigenvalue weighted by Gasteiger charge is -2.06. The molecule has 0 spiro atoms. The highest BCUT2D eigenvalue weighted by Gasteiger charge is 2.03. The van der Waals surface area contributed by atoms with E-state index in [9.17, 15) is 9.90 Å². The third-order valence-electron chi connectivity index (χ3n) is 2.10. The number of rotatable bonds is 5. The summed E-state index contributed by atoms with van der Waals surface area (Å²) in [5.74, 6) is -0.434. The van der Waals surface area contributed by atoms with Crippen LogP contribution in [0.1, 0.15) is 18.9 Å². The number of carbonyl (C=O) groups is 1. The van der Waals surface area contributed by atoms with Gasteiger partial charge in [-0.1, -0.05) is 37.3 Å². The van der Waals surface area contributed by atoms with Crippen LogP contribution in [0.3, 0.4) is 0 Å². The number of hydrogen-bond acceptors (Lipinski definition) is 3. The van der Waals surface area contributed by atoms with E-state index in [-0.39, 0.29) is 6.61 Å². The highest BCUT2D eigenvalue weighted by Crippen LogP contribution is 2.01. The molecule has 3 nitrogen and oxygen atoms in total. The first-order valence-corrected chi connectivity index (χ1v) is 5.30. The first kappa shape index (κ1) is 12.5. The third-order valence-corrected chi connectivity index (χ3v) is 2.10. The highest BCUT2D eigenvalue weighted by atomic mass is 16.5. The topological polar surface area (TPSA) is 46.5 Å². The molecular formula is C13H16O3. The van der Waals surface area contributed by atoms with Gasteiger partial charge in [-0.3, -0.25) is 0 Å². The molecule has 86 valence electrons. The van der Waals surface area contributed by atoms with Gasteiger partial charge in [0.15, 0.2) is 0 Å². The molecule has 0 aromatic heterocycles. The van der Waals surface area contributed by atoms with Crippen molar-refractivity contribution in [3.63, 3.8) is 0 Å². The summed E-state index contributed by atoms with van der Waals surface area (Å²) in [5, 5.41) is 9.19. The average molecular weight is 220 g/mol. The fourth-order valence-electron chi connectivity index (χ4n) is 1.07. The Hall–Kier alpha value is -1.61. The van der Waals surface area contributed by atoms with Crippen molar-refractivity contribution in [1.82, 2.24) is 0 Å². The number of benzene rings is 1. The maximum Gasteiger partial charge on any atom is 0.330 e. The largest absolute Gasteiger partial charge is 0.460 e. The van der Waals surface area contributed by atoms with Gasteiger partial charge in [-0.15, -0.1) is 0 Å². The van der Waals surface area contributed by atoms with Gasteiger partial charge in [0, 0.05) is 6.08 Å². The number of aliphatic hydroxyl groups excluding tert-OH is 1. The Morgan fingerprint density at radius 3 is 2.75 bits per heavy atom. The Balaban J connectivity index is 2.37. The Labute approximate surface area is 95.4 Å². The van der Waals surface area contributed by atoms with E-state index in [1.165, 1.54) is 6.08 Å². The maximum atomic E-state index is 11.2. The molecule has 1 aromatic rings. The van der Waals surface area contributed by atoms with Crippen LogP contribution in [0.2, 0.25) is 0 Å². The quantitative estimate of drug-likeness (QED) is 0.610. The normalized spacial score (nSPS) is 12.6. The summed E-state index contributed by atoms with van der Waals surface area (Å²) in [6, 6.07) is 9.49. The lowest BCUT2D eigenvalue weighted by Crippen LogP contribution is -2.16. The minimum atomic E-state index is -0.575. The summed E-state index contributed by atoms with van der Waals surface area (Å²) in [6.45, 7) is 1.88. The van der Waals surface area contributed by atoms with E-state index >= 15 is 0 Å². The Kier molecular flexibility index (Phi) is 5.29. The van der Waals surface area contributed by atoms with Crippen LogP contribution in [-0.2, 0) is 9.53 Å². The molecule has 0 fully saturated rings. The van der Waals surface area contributed by atoms with E-state index in [1.54, 1.807) is 6.08 Å². The predicted molar refractivity (Wildman–Crippen MR) is 62.7 cm³/mol. The first-order chi connectivity index (χ1) is 7.72. The van der Waals surface area contributed by atoms with Crippen LogP contribution in [0.15, 0.2) is 36.4 Å². The van der Waals surface area contributed by atoms with E-state index in [1.807, 2.05) is 37.3 Å². The molecule has 16 heavy (non-hydrogen) atoms. The van der Waals surface area contributed by atoms with Crippen molar-refractivity contribution in [2.24, 2.45) is 0 Å². The van der Waals surface area contributed by atoms with Crippen molar-refractivity contribution in [2.45, 2.75) is 19.4 Å². The van der Waals surface area contributed by atoms with Crippen molar-refractivity contribution in [2.75, 3.05) is 6.61 Å². The molecule has 0 amide bonds.